The minimum absolute atomic E-state index is 0.0386. The summed E-state index contributed by atoms with van der Waals surface area (Å²) in [5.41, 5.74) is 5.13. The highest BCUT2D eigenvalue weighted by atomic mass is 28.3. The Labute approximate surface area is 81.2 Å². The second-order valence-electron chi connectivity index (χ2n) is 3.14. The largest absolute Gasteiger partial charge is 0.400 e. The zero-order chi connectivity index (χ0) is 10.3. The van der Waals surface area contributed by atoms with Gasteiger partial charge in [-0.25, -0.2) is 0 Å². The summed E-state index contributed by atoms with van der Waals surface area (Å²) >= 11 is 0. The molecule has 13 heavy (non-hydrogen) atoms. The van der Waals surface area contributed by atoms with Crippen LogP contribution in [0.4, 0.5) is 0 Å². The lowest BCUT2D eigenvalue weighted by Gasteiger charge is -2.11. The van der Waals surface area contributed by atoms with E-state index in [9.17, 15) is 4.79 Å². The maximum atomic E-state index is 10.7. The normalized spacial score (nSPS) is 13.2. The molecule has 0 aromatic rings. The highest BCUT2D eigenvalue weighted by Gasteiger charge is 2.12. The van der Waals surface area contributed by atoms with Crippen LogP contribution in [0.25, 0.3) is 0 Å². The predicted octanol–water partition coefficient (Wildman–Crippen LogP) is 0.401. The molecule has 0 aromatic carbocycles. The third kappa shape index (κ3) is 5.79. The van der Waals surface area contributed by atoms with Gasteiger partial charge in [0.05, 0.1) is 0 Å². The lowest BCUT2D eigenvalue weighted by Crippen LogP contribution is -2.22. The van der Waals surface area contributed by atoms with E-state index in [4.69, 9.17) is 14.6 Å². The minimum Gasteiger partial charge on any atom is -0.400 e. The summed E-state index contributed by atoms with van der Waals surface area (Å²) in [6.07, 6.45) is 1.77. The molecule has 78 valence electrons. The maximum Gasteiger partial charge on any atom is 0.320 e. The number of carbonyl (C=O) groups is 1. The second kappa shape index (κ2) is 7.05. The molecule has 4 nitrogen and oxygen atoms in total. The molecule has 0 aliphatic rings. The predicted molar refractivity (Wildman–Crippen MR) is 53.6 cm³/mol. The van der Waals surface area contributed by atoms with E-state index in [0.717, 1.165) is 18.9 Å². The summed E-state index contributed by atoms with van der Waals surface area (Å²) in [6, 6.07) is 0.935. The van der Waals surface area contributed by atoms with Gasteiger partial charge in [0.15, 0.2) is 0 Å². The molecule has 0 bridgehead atoms. The Morgan fingerprint density at radius 1 is 1.46 bits per heavy atom. The van der Waals surface area contributed by atoms with Crippen LogP contribution in [0.5, 0.6) is 0 Å². The monoisotopic (exact) mass is 205 g/mol. The average molecular weight is 205 g/mol. The summed E-state index contributed by atoms with van der Waals surface area (Å²) in [5, 5.41) is 0. The fourth-order valence-corrected chi connectivity index (χ4v) is 2.30. The van der Waals surface area contributed by atoms with Crippen molar-refractivity contribution in [3.05, 3.63) is 0 Å². The van der Waals surface area contributed by atoms with Gasteiger partial charge in [-0.15, -0.1) is 0 Å². The molecule has 2 N–H and O–H groups in total. The van der Waals surface area contributed by atoms with E-state index in [2.05, 4.69) is 0 Å². The molecule has 0 aromatic heterocycles. The van der Waals surface area contributed by atoms with Crippen LogP contribution in [0.3, 0.4) is 0 Å². The van der Waals surface area contributed by atoms with Crippen molar-refractivity contribution in [2.45, 2.75) is 25.8 Å². The molecule has 1 amide bonds. The van der Waals surface area contributed by atoms with Crippen molar-refractivity contribution in [2.75, 3.05) is 14.2 Å². The van der Waals surface area contributed by atoms with Crippen LogP contribution < -0.4 is 5.73 Å². The molecule has 0 heterocycles. The van der Waals surface area contributed by atoms with Gasteiger partial charge >= 0.3 is 9.28 Å². The number of hydrogen-bond acceptors (Lipinski definition) is 3. The van der Waals surface area contributed by atoms with Gasteiger partial charge in [-0.2, -0.15) is 0 Å². The topological polar surface area (TPSA) is 61.5 Å². The van der Waals surface area contributed by atoms with Gasteiger partial charge in [0.2, 0.25) is 5.91 Å². The summed E-state index contributed by atoms with van der Waals surface area (Å²) in [4.78, 5) is 10.7. The number of rotatable bonds is 7. The Kier molecular flexibility index (Phi) is 6.84. The van der Waals surface area contributed by atoms with Gasteiger partial charge in [0.25, 0.3) is 0 Å². The Balaban J connectivity index is 3.48. The van der Waals surface area contributed by atoms with Gasteiger partial charge in [-0.3, -0.25) is 4.79 Å². The first-order valence-electron chi connectivity index (χ1n) is 4.46. The lowest BCUT2D eigenvalue weighted by atomic mass is 10.1. The number of carbonyl (C=O) groups excluding carboxylic acids is 1. The van der Waals surface area contributed by atoms with Crippen molar-refractivity contribution < 1.29 is 13.6 Å². The molecule has 0 aliphatic heterocycles. The van der Waals surface area contributed by atoms with Crippen LogP contribution in [0.2, 0.25) is 6.04 Å². The number of amides is 1. The first kappa shape index (κ1) is 12.6. The zero-order valence-corrected chi connectivity index (χ0v) is 9.73. The van der Waals surface area contributed by atoms with Crippen LogP contribution in [-0.2, 0) is 13.6 Å². The van der Waals surface area contributed by atoms with Gasteiger partial charge in [-0.1, -0.05) is 13.3 Å². The fraction of sp³-hybridized carbons (Fsp3) is 0.875. The Morgan fingerprint density at radius 3 is 2.38 bits per heavy atom. The van der Waals surface area contributed by atoms with Crippen molar-refractivity contribution in [1.29, 1.82) is 0 Å². The first-order chi connectivity index (χ1) is 6.11. The SMILES string of the molecule is CO[SiH](CCCC(C)C(N)=O)OC. The number of nitrogens with two attached hydrogens (primary N) is 1. The number of hydrogen-bond donors (Lipinski definition) is 1. The Hall–Kier alpha value is -0.393. The summed E-state index contributed by atoms with van der Waals surface area (Å²) < 4.78 is 10.3. The molecule has 0 spiro atoms. The molecule has 0 aliphatic carbocycles. The third-order valence-electron chi connectivity index (χ3n) is 2.09. The molecular weight excluding hydrogens is 186 g/mol. The molecule has 0 saturated carbocycles. The van der Waals surface area contributed by atoms with Gasteiger partial charge in [0.1, 0.15) is 0 Å². The summed E-state index contributed by atoms with van der Waals surface area (Å²) in [5.74, 6) is -0.267. The molecule has 1 unspecified atom stereocenters. The van der Waals surface area contributed by atoms with Crippen LogP contribution in [-0.4, -0.2) is 29.4 Å². The van der Waals surface area contributed by atoms with Crippen molar-refractivity contribution in [1.82, 2.24) is 0 Å². The highest BCUT2D eigenvalue weighted by Crippen LogP contribution is 2.09. The standard InChI is InChI=1S/C8H19NO3Si/c1-7(8(9)10)5-4-6-13(11-2)12-3/h7,13H,4-6H2,1-3H3,(H2,9,10). The second-order valence-corrected chi connectivity index (χ2v) is 5.51. The molecule has 0 saturated heterocycles. The van der Waals surface area contributed by atoms with E-state index < -0.39 is 9.28 Å². The maximum absolute atomic E-state index is 10.7. The van der Waals surface area contributed by atoms with Crippen molar-refractivity contribution in [3.63, 3.8) is 0 Å². The van der Waals surface area contributed by atoms with Crippen LogP contribution >= 0.6 is 0 Å². The van der Waals surface area contributed by atoms with E-state index in [0.29, 0.717) is 0 Å². The molecule has 0 radical (unpaired) electrons. The first-order valence-corrected chi connectivity index (χ1v) is 6.22. The van der Waals surface area contributed by atoms with Crippen molar-refractivity contribution in [2.24, 2.45) is 11.7 Å². The summed E-state index contributed by atoms with van der Waals surface area (Å²) in [7, 11) is 1.89. The van der Waals surface area contributed by atoms with E-state index in [1.807, 2.05) is 6.92 Å². The Morgan fingerprint density at radius 2 is 2.00 bits per heavy atom. The van der Waals surface area contributed by atoms with Gasteiger partial charge < -0.3 is 14.6 Å². The van der Waals surface area contributed by atoms with Crippen molar-refractivity contribution >= 4 is 15.2 Å². The van der Waals surface area contributed by atoms with Crippen molar-refractivity contribution in [3.8, 4) is 0 Å². The van der Waals surface area contributed by atoms with Gasteiger partial charge in [0, 0.05) is 20.1 Å². The third-order valence-corrected chi connectivity index (χ3v) is 4.02. The van der Waals surface area contributed by atoms with Crippen LogP contribution in [0.15, 0.2) is 0 Å². The molecule has 1 atom stereocenters. The van der Waals surface area contributed by atoms with E-state index in [-0.39, 0.29) is 11.8 Å². The quantitative estimate of drug-likeness (QED) is 0.612. The fourth-order valence-electron chi connectivity index (χ4n) is 1.06. The zero-order valence-electron chi connectivity index (χ0n) is 8.58. The smallest absolute Gasteiger partial charge is 0.320 e. The molecular formula is C8H19NO3Si. The van der Waals surface area contributed by atoms with E-state index >= 15 is 0 Å². The Bertz CT molecular complexity index is 150. The molecule has 0 fully saturated rings. The van der Waals surface area contributed by atoms with Crippen LogP contribution in [0, 0.1) is 5.92 Å². The highest BCUT2D eigenvalue weighted by molar-refractivity contribution is 6.44. The average Bonchev–Trinajstić information content (AvgIpc) is 2.12. The molecule has 0 rings (SSSR count). The minimum atomic E-state index is -1.43. The lowest BCUT2D eigenvalue weighted by molar-refractivity contribution is -0.121. The number of primary amides is 1. The van der Waals surface area contributed by atoms with E-state index in [1.165, 1.54) is 0 Å². The van der Waals surface area contributed by atoms with Gasteiger partial charge in [-0.05, 0) is 12.5 Å². The summed E-state index contributed by atoms with van der Waals surface area (Å²) in [6.45, 7) is 1.85. The molecule has 5 heteroatoms. The van der Waals surface area contributed by atoms with Crippen LogP contribution in [0.1, 0.15) is 19.8 Å². The van der Waals surface area contributed by atoms with E-state index in [1.54, 1.807) is 14.2 Å².